The summed E-state index contributed by atoms with van der Waals surface area (Å²) in [6, 6.07) is 16.9. The van der Waals surface area contributed by atoms with Crippen molar-refractivity contribution in [3.05, 3.63) is 65.2 Å². The van der Waals surface area contributed by atoms with E-state index in [0.29, 0.717) is 0 Å². The lowest BCUT2D eigenvalue weighted by molar-refractivity contribution is 0.699. The van der Waals surface area contributed by atoms with Crippen LogP contribution >= 0.6 is 0 Å². The van der Waals surface area contributed by atoms with E-state index in [0.717, 1.165) is 6.54 Å². The number of benzene rings is 2. The average molecular weight is 254 g/mol. The molecule has 0 bridgehead atoms. The van der Waals surface area contributed by atoms with E-state index < -0.39 is 0 Å². The first kappa shape index (κ1) is 13.6. The summed E-state index contributed by atoms with van der Waals surface area (Å²) in [6.07, 6.45) is 0. The maximum absolute atomic E-state index is 6.33. The third kappa shape index (κ3) is 3.36. The highest BCUT2D eigenvalue weighted by atomic mass is 15.1. The molecular formula is C17H22N2. The Bertz CT molecular complexity index is 548. The van der Waals surface area contributed by atoms with E-state index in [-0.39, 0.29) is 6.04 Å². The predicted molar refractivity (Wildman–Crippen MR) is 82.6 cm³/mol. The van der Waals surface area contributed by atoms with Gasteiger partial charge in [0.15, 0.2) is 0 Å². The van der Waals surface area contributed by atoms with Gasteiger partial charge in [-0.05, 0) is 42.7 Å². The molecule has 0 fully saturated rings. The van der Waals surface area contributed by atoms with E-state index in [4.69, 9.17) is 5.73 Å². The van der Waals surface area contributed by atoms with Gasteiger partial charge in [-0.1, -0.05) is 36.4 Å². The summed E-state index contributed by atoms with van der Waals surface area (Å²) < 4.78 is 0. The van der Waals surface area contributed by atoms with E-state index in [2.05, 4.69) is 74.3 Å². The van der Waals surface area contributed by atoms with Gasteiger partial charge in [0.2, 0.25) is 0 Å². The fourth-order valence-corrected chi connectivity index (χ4v) is 2.37. The highest BCUT2D eigenvalue weighted by Gasteiger charge is 2.11. The van der Waals surface area contributed by atoms with Crippen molar-refractivity contribution >= 4 is 5.69 Å². The molecule has 2 N–H and O–H groups in total. The zero-order valence-electron chi connectivity index (χ0n) is 11.9. The molecule has 0 heterocycles. The van der Waals surface area contributed by atoms with Crippen LogP contribution in [-0.2, 0) is 0 Å². The second kappa shape index (κ2) is 5.89. The van der Waals surface area contributed by atoms with Gasteiger partial charge in [-0.25, -0.2) is 0 Å². The van der Waals surface area contributed by atoms with E-state index in [9.17, 15) is 0 Å². The number of likely N-dealkylation sites (N-methyl/N-ethyl adjacent to an activating group) is 1. The van der Waals surface area contributed by atoms with Crippen molar-refractivity contribution in [2.45, 2.75) is 19.9 Å². The largest absolute Gasteiger partial charge is 0.373 e. The lowest BCUT2D eigenvalue weighted by atomic mass is 10.0. The van der Waals surface area contributed by atoms with Crippen LogP contribution < -0.4 is 10.6 Å². The molecular weight excluding hydrogens is 232 g/mol. The molecule has 0 amide bonds. The molecule has 2 heteroatoms. The lowest BCUT2D eigenvalue weighted by Crippen LogP contribution is -2.29. The molecule has 0 saturated carbocycles. The topological polar surface area (TPSA) is 29.3 Å². The first-order valence-electron chi connectivity index (χ1n) is 6.67. The van der Waals surface area contributed by atoms with Crippen LogP contribution in [0.25, 0.3) is 0 Å². The maximum atomic E-state index is 6.33. The molecule has 0 saturated heterocycles. The lowest BCUT2D eigenvalue weighted by Gasteiger charge is -2.24. The third-order valence-corrected chi connectivity index (χ3v) is 3.50. The van der Waals surface area contributed by atoms with Crippen molar-refractivity contribution < 1.29 is 0 Å². The van der Waals surface area contributed by atoms with Gasteiger partial charge in [-0.2, -0.15) is 0 Å². The van der Waals surface area contributed by atoms with Crippen molar-refractivity contribution in [1.29, 1.82) is 0 Å². The molecule has 100 valence electrons. The summed E-state index contributed by atoms with van der Waals surface area (Å²) in [5.74, 6) is 0. The Hall–Kier alpha value is -1.80. The fourth-order valence-electron chi connectivity index (χ4n) is 2.37. The van der Waals surface area contributed by atoms with Crippen LogP contribution in [0.1, 0.15) is 22.7 Å². The molecule has 0 spiro atoms. The number of hydrogen-bond acceptors (Lipinski definition) is 2. The quantitative estimate of drug-likeness (QED) is 0.905. The highest BCUT2D eigenvalue weighted by molar-refractivity contribution is 5.48. The predicted octanol–water partition coefficient (Wildman–Crippen LogP) is 3.44. The van der Waals surface area contributed by atoms with E-state index in [1.165, 1.54) is 22.4 Å². The summed E-state index contributed by atoms with van der Waals surface area (Å²) in [5, 5.41) is 0. The maximum Gasteiger partial charge on any atom is 0.0475 e. The molecule has 1 unspecified atom stereocenters. The van der Waals surface area contributed by atoms with Crippen molar-refractivity contribution in [2.24, 2.45) is 5.73 Å². The number of aryl methyl sites for hydroxylation is 2. The number of nitrogens with two attached hydrogens (primary N) is 1. The van der Waals surface area contributed by atoms with Crippen molar-refractivity contribution in [3.63, 3.8) is 0 Å². The van der Waals surface area contributed by atoms with Crippen molar-refractivity contribution in [1.82, 2.24) is 0 Å². The van der Waals surface area contributed by atoms with Crippen LogP contribution in [0.5, 0.6) is 0 Å². The SMILES string of the molecule is Cc1cccc(N(C)CC(N)c2ccccc2C)c1. The number of rotatable bonds is 4. The first-order chi connectivity index (χ1) is 9.08. The smallest absolute Gasteiger partial charge is 0.0475 e. The number of nitrogens with zero attached hydrogens (tertiary/aromatic N) is 1. The van der Waals surface area contributed by atoms with Gasteiger partial charge in [-0.3, -0.25) is 0 Å². The Balaban J connectivity index is 2.11. The zero-order valence-corrected chi connectivity index (χ0v) is 11.9. The van der Waals surface area contributed by atoms with Crippen LogP contribution in [0, 0.1) is 13.8 Å². The number of anilines is 1. The standard InChI is InChI=1S/C17H22N2/c1-13-7-6-9-15(11-13)19(3)12-17(18)16-10-5-4-8-14(16)2/h4-11,17H,12,18H2,1-3H3. The van der Waals surface area contributed by atoms with Crippen molar-refractivity contribution in [3.8, 4) is 0 Å². The molecule has 2 rings (SSSR count). The minimum absolute atomic E-state index is 0.0340. The second-order valence-corrected chi connectivity index (χ2v) is 5.18. The Kier molecular flexibility index (Phi) is 4.23. The summed E-state index contributed by atoms with van der Waals surface area (Å²) in [7, 11) is 2.09. The van der Waals surface area contributed by atoms with Gasteiger partial charge < -0.3 is 10.6 Å². The van der Waals surface area contributed by atoms with Crippen LogP contribution in [0.3, 0.4) is 0 Å². The van der Waals surface area contributed by atoms with E-state index in [1.54, 1.807) is 0 Å². The Morgan fingerprint density at radius 1 is 1.05 bits per heavy atom. The minimum atomic E-state index is 0.0340. The first-order valence-corrected chi connectivity index (χ1v) is 6.67. The average Bonchev–Trinajstić information content (AvgIpc) is 2.39. The van der Waals surface area contributed by atoms with Gasteiger partial charge in [0.05, 0.1) is 0 Å². The van der Waals surface area contributed by atoms with Gasteiger partial charge in [0.25, 0.3) is 0 Å². The molecule has 2 aromatic rings. The molecule has 0 aromatic heterocycles. The molecule has 0 radical (unpaired) electrons. The second-order valence-electron chi connectivity index (χ2n) is 5.18. The Morgan fingerprint density at radius 2 is 1.79 bits per heavy atom. The molecule has 0 aliphatic heterocycles. The van der Waals surface area contributed by atoms with Crippen LogP contribution in [0.15, 0.2) is 48.5 Å². The monoisotopic (exact) mass is 254 g/mol. The summed E-state index contributed by atoms with van der Waals surface area (Å²) in [4.78, 5) is 2.21. The molecule has 0 aliphatic rings. The van der Waals surface area contributed by atoms with Crippen LogP contribution in [-0.4, -0.2) is 13.6 Å². The fraction of sp³-hybridized carbons (Fsp3) is 0.294. The molecule has 19 heavy (non-hydrogen) atoms. The number of hydrogen-bond donors (Lipinski definition) is 1. The van der Waals surface area contributed by atoms with Crippen LogP contribution in [0.4, 0.5) is 5.69 Å². The summed E-state index contributed by atoms with van der Waals surface area (Å²) in [6.45, 7) is 5.04. The van der Waals surface area contributed by atoms with Gasteiger partial charge in [0.1, 0.15) is 0 Å². The minimum Gasteiger partial charge on any atom is -0.373 e. The Labute approximate surface area is 115 Å². The molecule has 1 atom stereocenters. The molecule has 2 nitrogen and oxygen atoms in total. The van der Waals surface area contributed by atoms with Gasteiger partial charge in [-0.15, -0.1) is 0 Å². The van der Waals surface area contributed by atoms with Crippen LogP contribution in [0.2, 0.25) is 0 Å². The normalized spacial score (nSPS) is 12.2. The summed E-state index contributed by atoms with van der Waals surface area (Å²) in [5.41, 5.74) is 11.3. The molecule has 0 aliphatic carbocycles. The third-order valence-electron chi connectivity index (χ3n) is 3.50. The molecule has 2 aromatic carbocycles. The summed E-state index contributed by atoms with van der Waals surface area (Å²) >= 11 is 0. The van der Waals surface area contributed by atoms with Gasteiger partial charge in [0, 0.05) is 25.3 Å². The zero-order chi connectivity index (χ0) is 13.8. The van der Waals surface area contributed by atoms with E-state index in [1.807, 2.05) is 0 Å². The van der Waals surface area contributed by atoms with E-state index >= 15 is 0 Å². The van der Waals surface area contributed by atoms with Crippen molar-refractivity contribution in [2.75, 3.05) is 18.5 Å². The van der Waals surface area contributed by atoms with Gasteiger partial charge >= 0.3 is 0 Å². The highest BCUT2D eigenvalue weighted by Crippen LogP contribution is 2.20. The Morgan fingerprint density at radius 3 is 2.47 bits per heavy atom.